The minimum Gasteiger partial charge on any atom is -0.466 e. The van der Waals surface area contributed by atoms with Crippen LogP contribution in [-0.4, -0.2) is 43.8 Å². The van der Waals surface area contributed by atoms with Crippen molar-refractivity contribution >= 4 is 17.7 Å². The fourth-order valence-electron chi connectivity index (χ4n) is 2.46. The van der Waals surface area contributed by atoms with Crippen LogP contribution < -0.4 is 5.69 Å². The number of thioether (sulfide) groups is 1. The molecule has 118 valence electrons. The molecule has 1 aromatic rings. The molecule has 0 atom stereocenters. The number of esters is 1. The smallest absolute Gasteiger partial charge is 0.343 e. The predicted molar refractivity (Wildman–Crippen MR) is 78.1 cm³/mol. The summed E-state index contributed by atoms with van der Waals surface area (Å²) in [5.74, 6) is 0.188. The van der Waals surface area contributed by atoms with Crippen molar-refractivity contribution in [1.82, 2.24) is 14.8 Å². The zero-order valence-electron chi connectivity index (χ0n) is 12.3. The van der Waals surface area contributed by atoms with E-state index in [-0.39, 0.29) is 17.6 Å². The third kappa shape index (κ3) is 3.88. The molecule has 0 saturated heterocycles. The van der Waals surface area contributed by atoms with E-state index in [0.717, 1.165) is 0 Å². The molecule has 1 aromatic heterocycles. The number of carbonyl (C=O) groups excluding carboxylic acids is 1. The molecule has 0 spiro atoms. The second kappa shape index (κ2) is 6.65. The van der Waals surface area contributed by atoms with Crippen LogP contribution in [0.1, 0.15) is 32.6 Å². The molecule has 1 saturated carbocycles. The molecule has 2 N–H and O–H groups in total. The Labute approximate surface area is 127 Å². The summed E-state index contributed by atoms with van der Waals surface area (Å²) in [6, 6.07) is 0. The summed E-state index contributed by atoms with van der Waals surface area (Å²) < 4.78 is 6.43. The Morgan fingerprint density at radius 2 is 2.24 bits per heavy atom. The normalized spacial score (nSPS) is 25.8. The Balaban J connectivity index is 1.86. The van der Waals surface area contributed by atoms with E-state index >= 15 is 0 Å². The SMILES string of the molecule is CCOC(=O)C1CCC(O)(CSc2n[nH]c(=O)n2C)CC1. The van der Waals surface area contributed by atoms with Crippen LogP contribution in [-0.2, 0) is 16.6 Å². The number of carbonyl (C=O) groups is 1. The van der Waals surface area contributed by atoms with Crippen LogP contribution in [0.4, 0.5) is 0 Å². The van der Waals surface area contributed by atoms with Crippen LogP contribution >= 0.6 is 11.8 Å². The molecule has 0 radical (unpaired) electrons. The fourth-order valence-corrected chi connectivity index (χ4v) is 3.53. The zero-order chi connectivity index (χ0) is 15.5. The largest absolute Gasteiger partial charge is 0.466 e. The molecule has 8 heteroatoms. The molecule has 7 nitrogen and oxygen atoms in total. The molecular weight excluding hydrogens is 294 g/mol. The van der Waals surface area contributed by atoms with Crippen LogP contribution in [0.25, 0.3) is 0 Å². The van der Waals surface area contributed by atoms with Gasteiger partial charge in [0.2, 0.25) is 0 Å². The van der Waals surface area contributed by atoms with Gasteiger partial charge in [-0.25, -0.2) is 9.89 Å². The Morgan fingerprint density at radius 1 is 1.57 bits per heavy atom. The van der Waals surface area contributed by atoms with Gasteiger partial charge in [-0.05, 0) is 32.6 Å². The molecule has 0 unspecified atom stereocenters. The number of aliphatic hydroxyl groups is 1. The van der Waals surface area contributed by atoms with Gasteiger partial charge < -0.3 is 9.84 Å². The lowest BCUT2D eigenvalue weighted by atomic mass is 9.80. The van der Waals surface area contributed by atoms with Crippen LogP contribution in [0.15, 0.2) is 9.95 Å². The summed E-state index contributed by atoms with van der Waals surface area (Å²) in [6.07, 6.45) is 2.38. The Morgan fingerprint density at radius 3 is 2.76 bits per heavy atom. The number of nitrogens with zero attached hydrogens (tertiary/aromatic N) is 2. The summed E-state index contributed by atoms with van der Waals surface area (Å²) >= 11 is 1.35. The number of rotatable bonds is 5. The highest BCUT2D eigenvalue weighted by Crippen LogP contribution is 2.36. The standard InChI is InChI=1S/C13H21N3O4S/c1-3-20-10(17)9-4-6-13(19,7-5-9)8-21-12-15-14-11(18)16(12)2/h9,19H,3-8H2,1-2H3,(H,14,18). The van der Waals surface area contributed by atoms with Gasteiger partial charge in [-0.3, -0.25) is 9.36 Å². The van der Waals surface area contributed by atoms with E-state index in [0.29, 0.717) is 43.2 Å². The van der Waals surface area contributed by atoms with Crippen molar-refractivity contribution in [2.24, 2.45) is 13.0 Å². The Bertz CT molecular complexity index is 546. The topological polar surface area (TPSA) is 97.2 Å². The summed E-state index contributed by atoms with van der Waals surface area (Å²) in [4.78, 5) is 22.9. The van der Waals surface area contributed by atoms with E-state index in [2.05, 4.69) is 10.2 Å². The molecule has 2 rings (SSSR count). The van der Waals surface area contributed by atoms with Crippen LogP contribution in [0, 0.1) is 5.92 Å². The maximum atomic E-state index is 11.7. The average Bonchev–Trinajstić information content (AvgIpc) is 2.78. The van der Waals surface area contributed by atoms with Gasteiger partial charge in [0, 0.05) is 12.8 Å². The summed E-state index contributed by atoms with van der Waals surface area (Å²) in [5.41, 5.74) is -1.08. The summed E-state index contributed by atoms with van der Waals surface area (Å²) in [6.45, 7) is 2.19. The number of hydrogen-bond acceptors (Lipinski definition) is 6. The van der Waals surface area contributed by atoms with Gasteiger partial charge in [-0.1, -0.05) is 11.8 Å². The highest BCUT2D eigenvalue weighted by Gasteiger charge is 2.36. The summed E-state index contributed by atoms with van der Waals surface area (Å²) in [5, 5.41) is 17.4. The van der Waals surface area contributed by atoms with Crippen molar-refractivity contribution in [3.63, 3.8) is 0 Å². The van der Waals surface area contributed by atoms with Crippen LogP contribution in [0.5, 0.6) is 0 Å². The fraction of sp³-hybridized carbons (Fsp3) is 0.769. The quantitative estimate of drug-likeness (QED) is 0.613. The van der Waals surface area contributed by atoms with Crippen LogP contribution in [0.2, 0.25) is 0 Å². The molecule has 1 fully saturated rings. The monoisotopic (exact) mass is 315 g/mol. The van der Waals surface area contributed by atoms with Gasteiger partial charge in [0.05, 0.1) is 18.1 Å². The summed E-state index contributed by atoms with van der Waals surface area (Å²) in [7, 11) is 1.63. The number of nitrogens with one attached hydrogen (secondary N) is 1. The van der Waals surface area contributed by atoms with Crippen molar-refractivity contribution < 1.29 is 14.6 Å². The molecule has 0 aromatic carbocycles. The minimum atomic E-state index is -0.817. The molecular formula is C13H21N3O4S. The van der Waals surface area contributed by atoms with Gasteiger partial charge in [0.1, 0.15) is 0 Å². The first-order valence-electron chi connectivity index (χ1n) is 7.08. The molecule has 21 heavy (non-hydrogen) atoms. The first-order chi connectivity index (χ1) is 9.95. The van der Waals surface area contributed by atoms with Crippen molar-refractivity contribution in [3.8, 4) is 0 Å². The average molecular weight is 315 g/mol. The third-order valence-electron chi connectivity index (χ3n) is 3.84. The second-order valence-corrected chi connectivity index (χ2v) is 6.35. The molecule has 1 aliphatic carbocycles. The first-order valence-corrected chi connectivity index (χ1v) is 8.07. The second-order valence-electron chi connectivity index (χ2n) is 5.41. The number of hydrogen-bond donors (Lipinski definition) is 2. The Hall–Kier alpha value is -1.28. The van der Waals surface area contributed by atoms with Gasteiger partial charge in [-0.2, -0.15) is 0 Å². The number of ether oxygens (including phenoxy) is 1. The highest BCUT2D eigenvalue weighted by molar-refractivity contribution is 7.99. The molecule has 0 aliphatic heterocycles. The van der Waals surface area contributed by atoms with Gasteiger partial charge in [0.25, 0.3) is 0 Å². The van der Waals surface area contributed by atoms with E-state index in [1.807, 2.05) is 0 Å². The van der Waals surface area contributed by atoms with Crippen molar-refractivity contribution in [2.75, 3.05) is 12.4 Å². The number of H-pyrrole nitrogens is 1. The Kier molecular flexibility index (Phi) is 5.10. The first kappa shape index (κ1) is 16.1. The van der Waals surface area contributed by atoms with Gasteiger partial charge >= 0.3 is 11.7 Å². The maximum absolute atomic E-state index is 11.7. The molecule has 1 aliphatic rings. The van der Waals surface area contributed by atoms with E-state index in [9.17, 15) is 14.7 Å². The van der Waals surface area contributed by atoms with E-state index in [4.69, 9.17) is 4.74 Å². The van der Waals surface area contributed by atoms with Crippen molar-refractivity contribution in [1.29, 1.82) is 0 Å². The van der Waals surface area contributed by atoms with E-state index < -0.39 is 5.60 Å². The lowest BCUT2D eigenvalue weighted by Gasteiger charge is -2.34. The van der Waals surface area contributed by atoms with E-state index in [1.54, 1.807) is 14.0 Å². The number of aromatic amines is 1. The van der Waals surface area contributed by atoms with Gasteiger partial charge in [-0.15, -0.1) is 5.10 Å². The highest BCUT2D eigenvalue weighted by atomic mass is 32.2. The lowest BCUT2D eigenvalue weighted by molar-refractivity contribution is -0.150. The molecule has 1 heterocycles. The van der Waals surface area contributed by atoms with Gasteiger partial charge in [0.15, 0.2) is 5.16 Å². The van der Waals surface area contributed by atoms with Crippen molar-refractivity contribution in [2.45, 2.75) is 43.4 Å². The number of aromatic nitrogens is 3. The molecule has 0 bridgehead atoms. The zero-order valence-corrected chi connectivity index (χ0v) is 13.1. The minimum absolute atomic E-state index is 0.107. The third-order valence-corrected chi connectivity index (χ3v) is 5.15. The van der Waals surface area contributed by atoms with Crippen LogP contribution in [0.3, 0.4) is 0 Å². The maximum Gasteiger partial charge on any atom is 0.343 e. The van der Waals surface area contributed by atoms with Crippen molar-refractivity contribution in [3.05, 3.63) is 10.5 Å². The lowest BCUT2D eigenvalue weighted by Crippen LogP contribution is -2.38. The molecule has 0 amide bonds. The van der Waals surface area contributed by atoms with E-state index in [1.165, 1.54) is 16.3 Å². The predicted octanol–water partition coefficient (Wildman–Crippen LogP) is 0.685.